The Morgan fingerprint density at radius 1 is 1.60 bits per heavy atom. The van der Waals surface area contributed by atoms with Gasteiger partial charge in [-0.3, -0.25) is 4.79 Å². The van der Waals surface area contributed by atoms with Crippen molar-refractivity contribution in [3.8, 4) is 0 Å². The van der Waals surface area contributed by atoms with Crippen molar-refractivity contribution in [1.29, 1.82) is 0 Å². The highest BCUT2D eigenvalue weighted by Crippen LogP contribution is 2.40. The summed E-state index contributed by atoms with van der Waals surface area (Å²) in [6, 6.07) is 0.136. The lowest BCUT2D eigenvalue weighted by molar-refractivity contribution is -0.131. The predicted molar refractivity (Wildman–Crippen MR) is 86.9 cm³/mol. The monoisotopic (exact) mass is 297 g/mol. The van der Waals surface area contributed by atoms with Gasteiger partial charge in [0.25, 0.3) is 0 Å². The van der Waals surface area contributed by atoms with Gasteiger partial charge in [0.15, 0.2) is 0 Å². The topological polar surface area (TPSA) is 20.3 Å². The van der Waals surface area contributed by atoms with E-state index in [0.29, 0.717) is 12.5 Å². The zero-order chi connectivity index (χ0) is 15.5. The van der Waals surface area contributed by atoms with Crippen molar-refractivity contribution < 1.29 is 4.79 Å². The zero-order valence-corrected chi connectivity index (χ0v) is 14.2. The first-order valence-corrected chi connectivity index (χ1v) is 7.87. The summed E-state index contributed by atoms with van der Waals surface area (Å²) in [5.41, 5.74) is 1.30. The van der Waals surface area contributed by atoms with Crippen LogP contribution in [-0.2, 0) is 4.79 Å². The maximum atomic E-state index is 12.6. The van der Waals surface area contributed by atoms with Crippen molar-refractivity contribution in [2.75, 3.05) is 6.54 Å². The van der Waals surface area contributed by atoms with Crippen molar-refractivity contribution >= 4 is 17.5 Å². The quantitative estimate of drug-likeness (QED) is 0.544. The molecule has 2 nitrogen and oxygen atoms in total. The smallest absolute Gasteiger partial charge is 0.245 e. The second-order valence-corrected chi connectivity index (χ2v) is 7.44. The number of carbonyl (C=O) groups is 1. The molecule has 20 heavy (non-hydrogen) atoms. The first kappa shape index (κ1) is 17.3. The van der Waals surface area contributed by atoms with Crippen LogP contribution in [-0.4, -0.2) is 28.8 Å². The standard InChI is InChI=1S/C17H28ClNO/c1-7-8-19(12(2)3)16(20)15(18)14-9-13(4)10-17(5,6)11-14/h7,9,12-13,15H,1,8,10-11H2,2-6H3. The number of hydrogen-bond donors (Lipinski definition) is 0. The highest BCUT2D eigenvalue weighted by Gasteiger charge is 2.33. The van der Waals surface area contributed by atoms with Crippen molar-refractivity contribution in [3.05, 3.63) is 24.3 Å². The molecular weight excluding hydrogens is 270 g/mol. The van der Waals surface area contributed by atoms with Gasteiger partial charge in [0.1, 0.15) is 5.38 Å². The molecule has 1 aliphatic rings. The lowest BCUT2D eigenvalue weighted by atomic mass is 9.72. The maximum absolute atomic E-state index is 12.6. The van der Waals surface area contributed by atoms with Gasteiger partial charge in [0.05, 0.1) is 0 Å². The van der Waals surface area contributed by atoms with Gasteiger partial charge < -0.3 is 4.90 Å². The van der Waals surface area contributed by atoms with Crippen molar-refractivity contribution in [2.24, 2.45) is 11.3 Å². The largest absolute Gasteiger partial charge is 0.335 e. The molecule has 0 radical (unpaired) electrons. The number of halogens is 1. The molecule has 0 fully saturated rings. The van der Waals surface area contributed by atoms with Crippen LogP contribution in [0.4, 0.5) is 0 Å². The summed E-state index contributed by atoms with van der Waals surface area (Å²) in [6.45, 7) is 15.0. The third-order valence-electron chi connectivity index (χ3n) is 3.83. The minimum atomic E-state index is -0.542. The number of alkyl halides is 1. The summed E-state index contributed by atoms with van der Waals surface area (Å²) in [5, 5.41) is -0.542. The first-order valence-electron chi connectivity index (χ1n) is 7.44. The molecule has 0 aromatic rings. The van der Waals surface area contributed by atoms with Crippen LogP contribution in [0.3, 0.4) is 0 Å². The Kier molecular flexibility index (Phi) is 5.88. The Hall–Kier alpha value is -0.760. The number of carbonyl (C=O) groups excluding carboxylic acids is 1. The van der Waals surface area contributed by atoms with Crippen LogP contribution in [0.25, 0.3) is 0 Å². The lowest BCUT2D eigenvalue weighted by Crippen LogP contribution is -2.43. The van der Waals surface area contributed by atoms with Crippen LogP contribution in [0.2, 0.25) is 0 Å². The van der Waals surface area contributed by atoms with Gasteiger partial charge >= 0.3 is 0 Å². The Morgan fingerprint density at radius 3 is 2.65 bits per heavy atom. The Morgan fingerprint density at radius 2 is 2.20 bits per heavy atom. The van der Waals surface area contributed by atoms with Crippen LogP contribution in [0.1, 0.15) is 47.5 Å². The third kappa shape index (κ3) is 4.37. The molecule has 0 saturated carbocycles. The van der Waals surface area contributed by atoms with Crippen LogP contribution < -0.4 is 0 Å². The van der Waals surface area contributed by atoms with Gasteiger partial charge in [-0.1, -0.05) is 32.9 Å². The summed E-state index contributed by atoms with van der Waals surface area (Å²) in [4.78, 5) is 14.4. The van der Waals surface area contributed by atoms with Crippen molar-refractivity contribution in [3.63, 3.8) is 0 Å². The molecule has 0 bridgehead atoms. The molecule has 0 N–H and O–H groups in total. The van der Waals surface area contributed by atoms with Gasteiger partial charge in [-0.15, -0.1) is 18.2 Å². The van der Waals surface area contributed by atoms with E-state index >= 15 is 0 Å². The van der Waals surface area contributed by atoms with Crippen LogP contribution in [0, 0.1) is 11.3 Å². The van der Waals surface area contributed by atoms with E-state index in [9.17, 15) is 4.79 Å². The SMILES string of the molecule is C=CCN(C(=O)C(Cl)C1=CC(C)CC(C)(C)C1)C(C)C. The predicted octanol–water partition coefficient (Wildman–Crippen LogP) is 4.40. The molecule has 0 aromatic heterocycles. The minimum absolute atomic E-state index is 0.00211. The van der Waals surface area contributed by atoms with E-state index < -0.39 is 5.38 Å². The van der Waals surface area contributed by atoms with E-state index in [2.05, 4.69) is 33.4 Å². The lowest BCUT2D eigenvalue weighted by Gasteiger charge is -2.36. The molecule has 0 aromatic carbocycles. The van der Waals surface area contributed by atoms with Crippen LogP contribution >= 0.6 is 11.6 Å². The molecule has 0 aliphatic heterocycles. The average molecular weight is 298 g/mol. The fraction of sp³-hybridized carbons (Fsp3) is 0.706. The van der Waals surface area contributed by atoms with Gasteiger partial charge in [0.2, 0.25) is 5.91 Å². The maximum Gasteiger partial charge on any atom is 0.245 e. The summed E-state index contributed by atoms with van der Waals surface area (Å²) in [7, 11) is 0. The van der Waals surface area contributed by atoms with Crippen LogP contribution in [0.15, 0.2) is 24.3 Å². The summed E-state index contributed by atoms with van der Waals surface area (Å²) >= 11 is 6.48. The normalized spacial score (nSPS) is 23.1. The molecular formula is C17H28ClNO. The van der Waals surface area contributed by atoms with E-state index in [-0.39, 0.29) is 17.4 Å². The fourth-order valence-electron chi connectivity index (χ4n) is 3.15. The summed E-state index contributed by atoms with van der Waals surface area (Å²) in [6.07, 6.45) is 5.99. The van der Waals surface area contributed by atoms with Gasteiger partial charge in [-0.25, -0.2) is 0 Å². The van der Waals surface area contributed by atoms with Gasteiger partial charge in [-0.2, -0.15) is 0 Å². The van der Waals surface area contributed by atoms with E-state index in [1.54, 1.807) is 11.0 Å². The zero-order valence-electron chi connectivity index (χ0n) is 13.4. The molecule has 0 saturated heterocycles. The molecule has 1 rings (SSSR count). The van der Waals surface area contributed by atoms with Gasteiger partial charge in [-0.05, 0) is 43.6 Å². The van der Waals surface area contributed by atoms with E-state index in [1.165, 1.54) is 0 Å². The highest BCUT2D eigenvalue weighted by atomic mass is 35.5. The molecule has 114 valence electrons. The molecule has 2 atom stereocenters. The second kappa shape index (κ2) is 6.80. The molecule has 0 spiro atoms. The molecule has 3 heteroatoms. The second-order valence-electron chi connectivity index (χ2n) is 7.00. The van der Waals surface area contributed by atoms with E-state index in [1.807, 2.05) is 13.8 Å². The van der Waals surface area contributed by atoms with E-state index in [0.717, 1.165) is 18.4 Å². The van der Waals surface area contributed by atoms with E-state index in [4.69, 9.17) is 11.6 Å². The number of amides is 1. The average Bonchev–Trinajstić information content (AvgIpc) is 2.31. The van der Waals surface area contributed by atoms with Crippen LogP contribution in [0.5, 0.6) is 0 Å². The fourth-order valence-corrected chi connectivity index (χ4v) is 3.43. The number of rotatable bonds is 5. The molecule has 0 heterocycles. The molecule has 2 unspecified atom stereocenters. The first-order chi connectivity index (χ1) is 9.18. The van der Waals surface area contributed by atoms with Crippen molar-refractivity contribution in [1.82, 2.24) is 4.90 Å². The molecule has 1 amide bonds. The Bertz CT molecular complexity index is 398. The highest BCUT2D eigenvalue weighted by molar-refractivity contribution is 6.32. The summed E-state index contributed by atoms with van der Waals surface area (Å²) in [5.74, 6) is 0.479. The minimum Gasteiger partial charge on any atom is -0.335 e. The number of allylic oxidation sites excluding steroid dienone is 1. The number of hydrogen-bond acceptors (Lipinski definition) is 1. The third-order valence-corrected chi connectivity index (χ3v) is 4.30. The summed E-state index contributed by atoms with van der Waals surface area (Å²) < 4.78 is 0. The molecule has 1 aliphatic carbocycles. The Balaban J connectivity index is 2.90. The number of nitrogens with zero attached hydrogens (tertiary/aromatic N) is 1. The van der Waals surface area contributed by atoms with Crippen molar-refractivity contribution in [2.45, 2.75) is 58.9 Å². The van der Waals surface area contributed by atoms with Gasteiger partial charge in [0, 0.05) is 12.6 Å². The Labute approximate surface area is 128 Å².